The van der Waals surface area contributed by atoms with Crippen molar-refractivity contribution in [2.24, 2.45) is 0 Å². The Morgan fingerprint density at radius 2 is 2.25 bits per heavy atom. The van der Waals surface area contributed by atoms with Crippen LogP contribution in [0.5, 0.6) is 0 Å². The molecule has 0 aliphatic rings. The SMILES string of the molecule is CCN(CCCO)C(=O)NC(C)c1nc(C(=O)O)cs1. The highest BCUT2D eigenvalue weighted by Crippen LogP contribution is 2.18. The lowest BCUT2D eigenvalue weighted by Gasteiger charge is -2.23. The van der Waals surface area contributed by atoms with Crippen molar-refractivity contribution in [1.82, 2.24) is 15.2 Å². The average Bonchev–Trinajstić information content (AvgIpc) is 2.89. The van der Waals surface area contributed by atoms with E-state index in [-0.39, 0.29) is 24.4 Å². The fraction of sp³-hybridized carbons (Fsp3) is 0.583. The highest BCUT2D eigenvalue weighted by molar-refractivity contribution is 7.09. The number of amides is 2. The third-order valence-electron chi connectivity index (χ3n) is 2.71. The highest BCUT2D eigenvalue weighted by atomic mass is 32.1. The fourth-order valence-corrected chi connectivity index (χ4v) is 2.39. The second kappa shape index (κ2) is 7.81. The van der Waals surface area contributed by atoms with E-state index in [2.05, 4.69) is 10.3 Å². The number of aromatic carboxylic acids is 1. The van der Waals surface area contributed by atoms with E-state index in [1.54, 1.807) is 11.8 Å². The molecule has 0 aliphatic carbocycles. The summed E-state index contributed by atoms with van der Waals surface area (Å²) in [6.45, 7) is 4.66. The van der Waals surface area contributed by atoms with Crippen molar-refractivity contribution >= 4 is 23.3 Å². The number of hydrogen-bond donors (Lipinski definition) is 3. The van der Waals surface area contributed by atoms with Gasteiger partial charge in [0.1, 0.15) is 5.01 Å². The van der Waals surface area contributed by atoms with Gasteiger partial charge in [0.05, 0.1) is 6.04 Å². The molecule has 0 saturated heterocycles. The first-order valence-electron chi connectivity index (χ1n) is 6.34. The Hall–Kier alpha value is -1.67. The van der Waals surface area contributed by atoms with Crippen LogP contribution >= 0.6 is 11.3 Å². The molecule has 0 aliphatic heterocycles. The van der Waals surface area contributed by atoms with Crippen LogP contribution in [0.2, 0.25) is 0 Å². The molecule has 1 unspecified atom stereocenters. The van der Waals surface area contributed by atoms with Gasteiger partial charge in [-0.05, 0) is 20.3 Å². The second-order valence-corrected chi connectivity index (χ2v) is 5.09. The van der Waals surface area contributed by atoms with Gasteiger partial charge in [-0.15, -0.1) is 11.3 Å². The zero-order valence-corrected chi connectivity index (χ0v) is 12.3. The van der Waals surface area contributed by atoms with Crippen LogP contribution < -0.4 is 5.32 Å². The zero-order valence-electron chi connectivity index (χ0n) is 11.5. The molecule has 1 rings (SSSR count). The minimum absolute atomic E-state index is 0.0151. The molecule has 7 nitrogen and oxygen atoms in total. The van der Waals surface area contributed by atoms with E-state index in [0.29, 0.717) is 24.5 Å². The number of aliphatic hydroxyl groups excluding tert-OH is 1. The third-order valence-corrected chi connectivity index (χ3v) is 3.73. The summed E-state index contributed by atoms with van der Waals surface area (Å²) >= 11 is 1.20. The summed E-state index contributed by atoms with van der Waals surface area (Å²) in [7, 11) is 0. The summed E-state index contributed by atoms with van der Waals surface area (Å²) in [6.07, 6.45) is 0.524. The molecule has 1 heterocycles. The Morgan fingerprint density at radius 1 is 1.55 bits per heavy atom. The van der Waals surface area contributed by atoms with Crippen LogP contribution in [0.4, 0.5) is 4.79 Å². The molecule has 8 heteroatoms. The molecule has 112 valence electrons. The summed E-state index contributed by atoms with van der Waals surface area (Å²) in [6, 6.07) is -0.607. The van der Waals surface area contributed by atoms with Crippen molar-refractivity contribution in [3.8, 4) is 0 Å². The van der Waals surface area contributed by atoms with E-state index in [9.17, 15) is 9.59 Å². The minimum Gasteiger partial charge on any atom is -0.476 e. The molecule has 1 atom stereocenters. The van der Waals surface area contributed by atoms with E-state index in [0.717, 1.165) is 0 Å². The van der Waals surface area contributed by atoms with E-state index in [1.165, 1.54) is 16.7 Å². The molecule has 1 aromatic heterocycles. The van der Waals surface area contributed by atoms with Crippen molar-refractivity contribution in [3.05, 3.63) is 16.1 Å². The van der Waals surface area contributed by atoms with Gasteiger partial charge in [-0.2, -0.15) is 0 Å². The standard InChI is InChI=1S/C12H19N3O4S/c1-3-15(5-4-6-16)12(19)13-8(2)10-14-9(7-20-10)11(17)18/h7-8,16H,3-6H2,1-2H3,(H,13,19)(H,17,18). The first kappa shape index (κ1) is 16.4. The zero-order chi connectivity index (χ0) is 15.1. The topological polar surface area (TPSA) is 103 Å². The van der Waals surface area contributed by atoms with Crippen LogP contribution in [0.25, 0.3) is 0 Å². The fourth-order valence-electron chi connectivity index (χ4n) is 1.59. The number of hydrogen-bond acceptors (Lipinski definition) is 5. The van der Waals surface area contributed by atoms with Gasteiger partial charge in [-0.1, -0.05) is 0 Å². The third kappa shape index (κ3) is 4.46. The van der Waals surface area contributed by atoms with Gasteiger partial charge in [0.2, 0.25) is 0 Å². The maximum absolute atomic E-state index is 12.0. The Bertz CT molecular complexity index is 463. The number of thiazole rings is 1. The van der Waals surface area contributed by atoms with E-state index < -0.39 is 5.97 Å². The number of carbonyl (C=O) groups excluding carboxylic acids is 1. The molecule has 20 heavy (non-hydrogen) atoms. The summed E-state index contributed by atoms with van der Waals surface area (Å²) in [5.74, 6) is -1.08. The van der Waals surface area contributed by atoms with E-state index in [4.69, 9.17) is 10.2 Å². The highest BCUT2D eigenvalue weighted by Gasteiger charge is 2.18. The van der Waals surface area contributed by atoms with E-state index in [1.807, 2.05) is 6.92 Å². The lowest BCUT2D eigenvalue weighted by Crippen LogP contribution is -2.41. The monoisotopic (exact) mass is 301 g/mol. The molecular formula is C12H19N3O4S. The molecule has 1 aromatic rings. The molecule has 0 spiro atoms. The number of nitrogens with zero attached hydrogens (tertiary/aromatic N) is 2. The van der Waals surface area contributed by atoms with Crippen LogP contribution in [-0.2, 0) is 0 Å². The van der Waals surface area contributed by atoms with Crippen molar-refractivity contribution < 1.29 is 19.8 Å². The van der Waals surface area contributed by atoms with Crippen LogP contribution in [0.1, 0.15) is 41.8 Å². The smallest absolute Gasteiger partial charge is 0.355 e. The van der Waals surface area contributed by atoms with Gasteiger partial charge in [-0.25, -0.2) is 14.6 Å². The average molecular weight is 301 g/mol. The number of aromatic nitrogens is 1. The number of aliphatic hydroxyl groups is 1. The summed E-state index contributed by atoms with van der Waals surface area (Å²) in [5, 5.41) is 22.4. The molecule has 0 fully saturated rings. The number of rotatable bonds is 7. The predicted octanol–water partition coefficient (Wildman–Crippen LogP) is 1.32. The quantitative estimate of drug-likeness (QED) is 0.704. The van der Waals surface area contributed by atoms with Crippen molar-refractivity contribution in [3.63, 3.8) is 0 Å². The summed E-state index contributed by atoms with van der Waals surface area (Å²) < 4.78 is 0. The normalized spacial score (nSPS) is 11.9. The van der Waals surface area contributed by atoms with E-state index >= 15 is 0 Å². The summed E-state index contributed by atoms with van der Waals surface area (Å²) in [5.41, 5.74) is -0.0151. The molecule has 0 saturated carbocycles. The molecule has 3 N–H and O–H groups in total. The lowest BCUT2D eigenvalue weighted by molar-refractivity contribution is 0.0691. The first-order chi connectivity index (χ1) is 9.49. The molecule has 0 bridgehead atoms. The Balaban J connectivity index is 2.61. The minimum atomic E-state index is -1.08. The molecule has 0 aromatic carbocycles. The number of urea groups is 1. The van der Waals surface area contributed by atoms with Gasteiger partial charge in [0, 0.05) is 25.1 Å². The second-order valence-electron chi connectivity index (χ2n) is 4.20. The van der Waals surface area contributed by atoms with Gasteiger partial charge in [0.15, 0.2) is 5.69 Å². The van der Waals surface area contributed by atoms with Crippen molar-refractivity contribution in [1.29, 1.82) is 0 Å². The maximum Gasteiger partial charge on any atom is 0.355 e. The van der Waals surface area contributed by atoms with Crippen molar-refractivity contribution in [2.75, 3.05) is 19.7 Å². The maximum atomic E-state index is 12.0. The molecular weight excluding hydrogens is 282 g/mol. The van der Waals surface area contributed by atoms with Crippen LogP contribution in [-0.4, -0.2) is 51.8 Å². The van der Waals surface area contributed by atoms with Gasteiger partial charge in [-0.3, -0.25) is 0 Å². The number of carbonyl (C=O) groups is 2. The Kier molecular flexibility index (Phi) is 6.40. The van der Waals surface area contributed by atoms with Gasteiger partial charge in [0.25, 0.3) is 0 Å². The Morgan fingerprint density at radius 3 is 2.75 bits per heavy atom. The number of nitrogens with one attached hydrogen (secondary N) is 1. The molecule has 0 radical (unpaired) electrons. The van der Waals surface area contributed by atoms with Crippen LogP contribution in [0.15, 0.2) is 5.38 Å². The predicted molar refractivity (Wildman–Crippen MR) is 75.0 cm³/mol. The molecule has 2 amide bonds. The van der Waals surface area contributed by atoms with Crippen LogP contribution in [0, 0.1) is 0 Å². The Labute approximate surface area is 121 Å². The van der Waals surface area contributed by atoms with Crippen LogP contribution in [0.3, 0.4) is 0 Å². The first-order valence-corrected chi connectivity index (χ1v) is 7.22. The van der Waals surface area contributed by atoms with Crippen molar-refractivity contribution in [2.45, 2.75) is 26.3 Å². The summed E-state index contributed by atoms with van der Waals surface area (Å²) in [4.78, 5) is 28.3. The largest absolute Gasteiger partial charge is 0.476 e. The number of carboxylic acid groups (broad SMARTS) is 1. The van der Waals surface area contributed by atoms with Gasteiger partial charge >= 0.3 is 12.0 Å². The number of carboxylic acids is 1. The van der Waals surface area contributed by atoms with Gasteiger partial charge < -0.3 is 20.4 Å². The lowest BCUT2D eigenvalue weighted by atomic mass is 10.3.